The lowest BCUT2D eigenvalue weighted by molar-refractivity contribution is 0.459. The molecule has 0 spiro atoms. The molecule has 0 atom stereocenters. The highest BCUT2D eigenvalue weighted by Crippen LogP contribution is 2.24. The van der Waals surface area contributed by atoms with Crippen LogP contribution in [0, 0.1) is 6.92 Å². The minimum Gasteiger partial charge on any atom is -0.356 e. The number of pyridine rings is 1. The Morgan fingerprint density at radius 1 is 1.16 bits per heavy atom. The first kappa shape index (κ1) is 24.0. The van der Waals surface area contributed by atoms with Gasteiger partial charge in [0.25, 0.3) is 0 Å². The summed E-state index contributed by atoms with van der Waals surface area (Å²) < 4.78 is 0. The fraction of sp³-hybridized carbons (Fsp3) is 0.591. The lowest BCUT2D eigenvalue weighted by Gasteiger charge is -2.33. The third kappa shape index (κ3) is 6.68. The summed E-state index contributed by atoms with van der Waals surface area (Å²) in [7, 11) is 1.84. The average molecular weight is 556 g/mol. The highest BCUT2D eigenvalue weighted by atomic mass is 127. The van der Waals surface area contributed by atoms with Crippen molar-refractivity contribution in [3.05, 3.63) is 35.0 Å². The summed E-state index contributed by atoms with van der Waals surface area (Å²) in [6, 6.07) is 4.70. The molecule has 2 aromatic rings. The van der Waals surface area contributed by atoms with Gasteiger partial charge in [0, 0.05) is 63.8 Å². The molecular formula is C22H34IN7S. The van der Waals surface area contributed by atoms with Gasteiger partial charge >= 0.3 is 0 Å². The van der Waals surface area contributed by atoms with E-state index in [1.165, 1.54) is 29.2 Å². The molecule has 4 heterocycles. The van der Waals surface area contributed by atoms with Gasteiger partial charge in [-0.05, 0) is 44.2 Å². The monoisotopic (exact) mass is 555 g/mol. The third-order valence-electron chi connectivity index (χ3n) is 5.87. The van der Waals surface area contributed by atoms with Crippen molar-refractivity contribution in [1.29, 1.82) is 0 Å². The van der Waals surface area contributed by atoms with E-state index in [1.807, 2.05) is 13.2 Å². The number of aromatic nitrogens is 2. The van der Waals surface area contributed by atoms with Crippen LogP contribution in [-0.4, -0.2) is 61.7 Å². The number of aryl methyl sites for hydroxylation is 1. The molecule has 0 bridgehead atoms. The lowest BCUT2D eigenvalue weighted by Crippen LogP contribution is -2.49. The zero-order chi connectivity index (χ0) is 20.8. The number of halogens is 1. The number of anilines is 2. The van der Waals surface area contributed by atoms with Crippen LogP contribution in [0.25, 0.3) is 0 Å². The first-order chi connectivity index (χ1) is 14.7. The second-order valence-corrected chi connectivity index (χ2v) is 9.00. The molecule has 0 unspecified atom stereocenters. The molecule has 7 nitrogen and oxygen atoms in total. The van der Waals surface area contributed by atoms with E-state index in [2.05, 4.69) is 54.8 Å². The van der Waals surface area contributed by atoms with E-state index in [1.54, 1.807) is 11.3 Å². The lowest BCUT2D eigenvalue weighted by atomic mass is 10.1. The Balaban J connectivity index is 0.00000272. The van der Waals surface area contributed by atoms with Crippen LogP contribution >= 0.6 is 35.3 Å². The second kappa shape index (κ2) is 11.8. The molecule has 31 heavy (non-hydrogen) atoms. The molecule has 4 rings (SSSR count). The van der Waals surface area contributed by atoms with Crippen molar-refractivity contribution < 1.29 is 0 Å². The Morgan fingerprint density at radius 2 is 1.94 bits per heavy atom. The molecule has 2 aromatic heterocycles. The molecule has 2 aliphatic rings. The van der Waals surface area contributed by atoms with Gasteiger partial charge in [-0.25, -0.2) is 9.97 Å². The Kier molecular flexibility index (Phi) is 9.18. The molecule has 9 heteroatoms. The maximum absolute atomic E-state index is 4.81. The molecule has 0 aliphatic carbocycles. The van der Waals surface area contributed by atoms with E-state index in [9.17, 15) is 0 Å². The average Bonchev–Trinajstić information content (AvgIpc) is 3.46. The quantitative estimate of drug-likeness (QED) is 0.324. The zero-order valence-corrected chi connectivity index (χ0v) is 21.7. The van der Waals surface area contributed by atoms with Crippen LogP contribution < -0.4 is 20.4 Å². The van der Waals surface area contributed by atoms with Gasteiger partial charge in [0.05, 0.1) is 5.69 Å². The summed E-state index contributed by atoms with van der Waals surface area (Å²) in [5, 5.41) is 10.4. The van der Waals surface area contributed by atoms with Crippen molar-refractivity contribution in [2.24, 2.45) is 4.99 Å². The van der Waals surface area contributed by atoms with Gasteiger partial charge < -0.3 is 20.4 Å². The van der Waals surface area contributed by atoms with Crippen LogP contribution in [0.1, 0.15) is 36.9 Å². The predicted molar refractivity (Wildman–Crippen MR) is 141 cm³/mol. The van der Waals surface area contributed by atoms with Crippen molar-refractivity contribution in [2.75, 3.05) is 49.6 Å². The number of hydrogen-bond acceptors (Lipinski definition) is 6. The fourth-order valence-corrected chi connectivity index (χ4v) is 4.98. The standard InChI is InChI=1S/C22H33N7S.HI/c1-17-5-6-20(25-15-17)28-13-8-18(9-14-28)26-21(23-2)24-10-7-19-16-30-22(27-19)29-11-3-4-12-29;/h5-6,15-16,18H,3-4,7-14H2,1-2H3,(H2,23,24,26);1H. The summed E-state index contributed by atoms with van der Waals surface area (Å²) in [6.07, 6.45) is 7.62. The van der Waals surface area contributed by atoms with Crippen LogP contribution in [0.5, 0.6) is 0 Å². The number of rotatable bonds is 6. The highest BCUT2D eigenvalue weighted by molar-refractivity contribution is 14.0. The van der Waals surface area contributed by atoms with Gasteiger partial charge in [0.2, 0.25) is 0 Å². The van der Waals surface area contributed by atoms with Gasteiger partial charge in [0.15, 0.2) is 11.1 Å². The van der Waals surface area contributed by atoms with E-state index in [0.29, 0.717) is 6.04 Å². The molecule has 2 saturated heterocycles. The number of hydrogen-bond donors (Lipinski definition) is 2. The molecule has 2 fully saturated rings. The molecule has 0 aromatic carbocycles. The summed E-state index contributed by atoms with van der Waals surface area (Å²) in [5.74, 6) is 1.97. The van der Waals surface area contributed by atoms with Gasteiger partial charge in [-0.1, -0.05) is 6.07 Å². The van der Waals surface area contributed by atoms with Crippen molar-refractivity contribution in [2.45, 2.75) is 45.1 Å². The molecule has 0 amide bonds. The smallest absolute Gasteiger partial charge is 0.191 e. The zero-order valence-electron chi connectivity index (χ0n) is 18.5. The van der Waals surface area contributed by atoms with Gasteiger partial charge in [0.1, 0.15) is 5.82 Å². The molecule has 2 N–H and O–H groups in total. The number of aliphatic imine (C=N–C) groups is 1. The summed E-state index contributed by atoms with van der Waals surface area (Å²) in [4.78, 5) is 18.6. The van der Waals surface area contributed by atoms with E-state index in [-0.39, 0.29) is 24.0 Å². The van der Waals surface area contributed by atoms with Crippen molar-refractivity contribution in [3.8, 4) is 0 Å². The normalized spacial score (nSPS) is 17.5. The first-order valence-corrected chi connectivity index (χ1v) is 11.9. The van der Waals surface area contributed by atoms with Gasteiger partial charge in [-0.2, -0.15) is 0 Å². The fourth-order valence-electron chi connectivity index (χ4n) is 4.06. The SMILES string of the molecule is CN=C(NCCc1csc(N2CCCC2)n1)NC1CCN(c2ccc(C)cn2)CC1.I. The Bertz CT molecular complexity index is 825. The van der Waals surface area contributed by atoms with Crippen molar-refractivity contribution in [3.63, 3.8) is 0 Å². The van der Waals surface area contributed by atoms with E-state index < -0.39 is 0 Å². The summed E-state index contributed by atoms with van der Waals surface area (Å²) in [5.41, 5.74) is 2.37. The van der Waals surface area contributed by atoms with Crippen LogP contribution in [0.3, 0.4) is 0 Å². The Labute approximate surface area is 206 Å². The largest absolute Gasteiger partial charge is 0.356 e. The van der Waals surface area contributed by atoms with Gasteiger partial charge in [-0.15, -0.1) is 35.3 Å². The Morgan fingerprint density at radius 3 is 2.61 bits per heavy atom. The summed E-state index contributed by atoms with van der Waals surface area (Å²) in [6.45, 7) is 7.26. The minimum atomic E-state index is 0. The van der Waals surface area contributed by atoms with E-state index in [0.717, 1.165) is 63.8 Å². The number of guanidine groups is 1. The van der Waals surface area contributed by atoms with Crippen molar-refractivity contribution in [1.82, 2.24) is 20.6 Å². The van der Waals surface area contributed by atoms with Gasteiger partial charge in [-0.3, -0.25) is 4.99 Å². The van der Waals surface area contributed by atoms with Crippen LogP contribution in [-0.2, 0) is 6.42 Å². The minimum absolute atomic E-state index is 0. The number of piperidine rings is 1. The summed E-state index contributed by atoms with van der Waals surface area (Å²) >= 11 is 1.77. The maximum Gasteiger partial charge on any atom is 0.191 e. The van der Waals surface area contributed by atoms with E-state index >= 15 is 0 Å². The molecule has 170 valence electrons. The maximum atomic E-state index is 4.81. The molecule has 0 radical (unpaired) electrons. The van der Waals surface area contributed by atoms with Crippen LogP contribution in [0.15, 0.2) is 28.7 Å². The highest BCUT2D eigenvalue weighted by Gasteiger charge is 2.21. The Hall–Kier alpha value is -1.62. The van der Waals surface area contributed by atoms with Crippen LogP contribution in [0.2, 0.25) is 0 Å². The van der Waals surface area contributed by atoms with E-state index in [4.69, 9.17) is 4.98 Å². The molecular weight excluding hydrogens is 521 g/mol. The van der Waals surface area contributed by atoms with Crippen LogP contribution in [0.4, 0.5) is 10.9 Å². The molecule has 2 aliphatic heterocycles. The third-order valence-corrected chi connectivity index (χ3v) is 6.82. The van der Waals surface area contributed by atoms with Crippen molar-refractivity contribution >= 4 is 52.2 Å². The second-order valence-electron chi connectivity index (χ2n) is 8.16. The number of nitrogens with one attached hydrogen (secondary N) is 2. The predicted octanol–water partition coefficient (Wildman–Crippen LogP) is 3.44. The molecule has 0 saturated carbocycles. The topological polar surface area (TPSA) is 68.7 Å². The first-order valence-electron chi connectivity index (χ1n) is 11.1. The number of thiazole rings is 1. The number of nitrogens with zero attached hydrogens (tertiary/aromatic N) is 5.